The molecule has 30 heavy (non-hydrogen) atoms. The standard InChI is InChI=1S/C23H27FN4O2/c1-4-22-21-8-16-7-18(19(24)9-20(16)28(21)23(29)30-22)15-5-6-17(27-12-15)13-26-11-14(2)10-25-3/h3,5-7,10,19,21-22,26H,4,8-9,11-13H2,1-2H3/b14-10+. The van der Waals surface area contributed by atoms with Gasteiger partial charge in [-0.15, -0.1) is 12.2 Å². The number of cyclic esters (lactones) is 1. The third kappa shape index (κ3) is 3.83. The number of ether oxygens (including phenoxy) is 1. The van der Waals surface area contributed by atoms with E-state index in [-0.39, 0.29) is 24.7 Å². The zero-order chi connectivity index (χ0) is 21.3. The van der Waals surface area contributed by atoms with Crippen LogP contribution in [-0.4, -0.2) is 55.7 Å². The maximum absolute atomic E-state index is 15.1. The summed E-state index contributed by atoms with van der Waals surface area (Å²) in [5.41, 5.74) is 5.40. The summed E-state index contributed by atoms with van der Waals surface area (Å²) in [5, 5.41) is 7.89. The molecule has 3 heterocycles. The summed E-state index contributed by atoms with van der Waals surface area (Å²) < 4.78 is 20.5. The Bertz CT molecular complexity index is 899. The van der Waals surface area contributed by atoms with Crippen LogP contribution in [0.25, 0.3) is 5.32 Å². The molecule has 0 aromatic heterocycles. The number of rotatable bonds is 7. The van der Waals surface area contributed by atoms with Crippen molar-refractivity contribution in [1.82, 2.24) is 10.2 Å². The molecule has 0 bridgehead atoms. The van der Waals surface area contributed by atoms with E-state index in [1.807, 2.05) is 32.1 Å². The second kappa shape index (κ2) is 8.54. The lowest BCUT2D eigenvalue weighted by molar-refractivity contribution is 0.127. The number of fused-ring (bicyclic) bond motifs is 2. The summed E-state index contributed by atoms with van der Waals surface area (Å²) in [5.74, 6) is 0. The minimum atomic E-state index is -1.14. The Balaban J connectivity index is 1.45. The Morgan fingerprint density at radius 3 is 3.00 bits per heavy atom. The van der Waals surface area contributed by atoms with Crippen molar-refractivity contribution in [2.24, 2.45) is 4.99 Å². The van der Waals surface area contributed by atoms with Crippen molar-refractivity contribution < 1.29 is 13.9 Å². The average molecular weight is 410 g/mol. The van der Waals surface area contributed by atoms with E-state index in [0.29, 0.717) is 25.2 Å². The van der Waals surface area contributed by atoms with Crippen molar-refractivity contribution in [3.63, 3.8) is 0 Å². The summed E-state index contributed by atoms with van der Waals surface area (Å²) in [4.78, 5) is 17.4. The second-order valence-electron chi connectivity index (χ2n) is 8.11. The molecule has 1 fully saturated rings. The van der Waals surface area contributed by atoms with Crippen LogP contribution in [0, 0.1) is 0 Å². The summed E-state index contributed by atoms with van der Waals surface area (Å²) in [6.45, 7) is 10.9. The Morgan fingerprint density at radius 2 is 2.30 bits per heavy atom. The van der Waals surface area contributed by atoms with Crippen molar-refractivity contribution in [2.75, 3.05) is 19.6 Å². The van der Waals surface area contributed by atoms with Gasteiger partial charge in [-0.2, -0.15) is 0 Å². The number of allylic oxidation sites excluding steroid dienone is 4. The molecule has 4 rings (SSSR count). The van der Waals surface area contributed by atoms with Crippen molar-refractivity contribution in [3.05, 3.63) is 63.4 Å². The molecule has 0 radical (unpaired) electrons. The van der Waals surface area contributed by atoms with Gasteiger partial charge in [0.2, 0.25) is 0 Å². The third-order valence-corrected chi connectivity index (χ3v) is 6.05. The first-order valence-corrected chi connectivity index (χ1v) is 10.4. The molecule has 158 valence electrons. The Morgan fingerprint density at radius 1 is 1.47 bits per heavy atom. The van der Waals surface area contributed by atoms with Gasteiger partial charge in [-0.25, -0.2) is 9.18 Å². The van der Waals surface area contributed by atoms with Gasteiger partial charge < -0.3 is 15.4 Å². The van der Waals surface area contributed by atoms with E-state index in [4.69, 9.17) is 11.5 Å². The lowest BCUT2D eigenvalue weighted by atomic mass is 9.88. The monoisotopic (exact) mass is 410 g/mol. The molecule has 3 aliphatic heterocycles. The Hall–Kier alpha value is -2.76. The zero-order valence-electron chi connectivity index (χ0n) is 17.4. The van der Waals surface area contributed by atoms with E-state index in [1.165, 1.54) is 0 Å². The fraction of sp³-hybridized carbons (Fsp3) is 0.478. The molecule has 1 amide bonds. The molecule has 0 aromatic carbocycles. The average Bonchev–Trinajstić information content (AvgIpc) is 3.25. The van der Waals surface area contributed by atoms with Crippen LogP contribution in [0.4, 0.5) is 9.18 Å². The molecule has 1 N–H and O–H groups in total. The van der Waals surface area contributed by atoms with Crippen molar-refractivity contribution in [2.45, 2.75) is 51.4 Å². The fourth-order valence-electron chi connectivity index (χ4n) is 4.53. The maximum atomic E-state index is 15.1. The first kappa shape index (κ1) is 20.5. The van der Waals surface area contributed by atoms with Crippen LogP contribution in [0.1, 0.15) is 33.1 Å². The predicted molar refractivity (Wildman–Crippen MR) is 115 cm³/mol. The van der Waals surface area contributed by atoms with Gasteiger partial charge in [0.1, 0.15) is 12.3 Å². The highest BCUT2D eigenvalue weighted by molar-refractivity contribution is 5.75. The van der Waals surface area contributed by atoms with E-state index in [1.54, 1.807) is 11.1 Å². The number of hydrogen-bond acceptors (Lipinski definition) is 4. The molecule has 7 heteroatoms. The summed E-state index contributed by atoms with van der Waals surface area (Å²) in [7, 11) is 0. The highest BCUT2D eigenvalue weighted by Crippen LogP contribution is 2.45. The maximum Gasteiger partial charge on any atom is 0.414 e. The molecule has 0 spiro atoms. The molecular weight excluding hydrogens is 383 g/mol. The van der Waals surface area contributed by atoms with Gasteiger partial charge in [-0.3, -0.25) is 4.90 Å². The Labute approximate surface area is 176 Å². The lowest BCUT2D eigenvalue weighted by Crippen LogP contribution is -2.32. The number of amides is 1. The molecule has 0 aromatic rings. The summed E-state index contributed by atoms with van der Waals surface area (Å²) in [6, 6.07) is 0.00229. The smallest absolute Gasteiger partial charge is 0.414 e. The van der Waals surface area contributed by atoms with Gasteiger partial charge in [0.15, 0.2) is 12.9 Å². The summed E-state index contributed by atoms with van der Waals surface area (Å²) >= 11 is 0. The molecule has 3 unspecified atom stereocenters. The van der Waals surface area contributed by atoms with Gasteiger partial charge in [-0.05, 0) is 35.9 Å². The van der Waals surface area contributed by atoms with Crippen LogP contribution in [-0.2, 0) is 4.74 Å². The van der Waals surface area contributed by atoms with Crippen molar-refractivity contribution in [1.29, 1.82) is 0 Å². The number of hydrogen-bond donors (Lipinski definition) is 1. The van der Waals surface area contributed by atoms with Gasteiger partial charge >= 0.3 is 6.09 Å². The molecule has 3 atom stereocenters. The quantitative estimate of drug-likeness (QED) is 0.506. The van der Waals surface area contributed by atoms with Crippen molar-refractivity contribution in [3.8, 4) is 0 Å². The number of carbonyl (C=O) groups excluding carboxylic acids is 1. The number of alkyl halides is 1. The largest absolute Gasteiger partial charge is 0.683 e. The minimum absolute atomic E-state index is 0.00229. The number of aliphatic imine (C=N–C) groups is 1. The molecular formula is C23H27FN4O2. The number of carbonyl (C=O) groups is 1. The SMILES string of the molecule is [CH+]=N/C=C(\C)CNCC1=CC=C(C2=CC3=C(CC2F)N2C(=O)OC(CC)C2C3)C[N-]1. The predicted octanol–water partition coefficient (Wildman–Crippen LogP) is 4.18. The van der Waals surface area contributed by atoms with Crippen molar-refractivity contribution >= 4 is 12.8 Å². The Kier molecular flexibility index (Phi) is 5.84. The minimum Gasteiger partial charge on any atom is -0.683 e. The number of halogens is 1. The highest BCUT2D eigenvalue weighted by atomic mass is 19.1. The first-order chi connectivity index (χ1) is 14.5. The van der Waals surface area contributed by atoms with Crippen LogP contribution < -0.4 is 5.32 Å². The first-order valence-electron chi connectivity index (χ1n) is 10.4. The van der Waals surface area contributed by atoms with E-state index in [2.05, 4.69) is 15.6 Å². The number of nitrogens with one attached hydrogen (secondary N) is 1. The normalized spacial score (nSPS) is 28.3. The lowest BCUT2D eigenvalue weighted by Gasteiger charge is -2.33. The van der Waals surface area contributed by atoms with E-state index >= 15 is 4.39 Å². The topological polar surface area (TPSA) is 68.0 Å². The number of nitrogens with zero attached hydrogens (tertiary/aromatic N) is 3. The van der Waals surface area contributed by atoms with E-state index < -0.39 is 6.17 Å². The van der Waals surface area contributed by atoms with E-state index in [0.717, 1.165) is 41.0 Å². The third-order valence-electron chi connectivity index (χ3n) is 6.05. The van der Waals surface area contributed by atoms with E-state index in [9.17, 15) is 4.79 Å². The molecule has 6 nitrogen and oxygen atoms in total. The fourth-order valence-corrected chi connectivity index (χ4v) is 4.53. The molecule has 1 saturated heterocycles. The van der Waals surface area contributed by atoms with Gasteiger partial charge in [0, 0.05) is 30.8 Å². The zero-order valence-corrected chi connectivity index (χ0v) is 17.4. The second-order valence-corrected chi connectivity index (χ2v) is 8.11. The van der Waals surface area contributed by atoms with Gasteiger partial charge in [0.05, 0.1) is 6.04 Å². The molecule has 1 aliphatic carbocycles. The molecule has 4 aliphatic rings. The van der Waals surface area contributed by atoms with Gasteiger partial charge in [0.25, 0.3) is 0 Å². The van der Waals surface area contributed by atoms with Crippen LogP contribution in [0.2, 0.25) is 0 Å². The molecule has 0 saturated carbocycles. The van der Waals surface area contributed by atoms with Crippen LogP contribution in [0.3, 0.4) is 0 Å². The van der Waals surface area contributed by atoms with Crippen LogP contribution in [0.5, 0.6) is 0 Å². The summed E-state index contributed by atoms with van der Waals surface area (Å²) in [6.07, 6.45) is 7.58. The van der Waals surface area contributed by atoms with Gasteiger partial charge in [-0.1, -0.05) is 30.7 Å². The van der Waals surface area contributed by atoms with Crippen LogP contribution in [0.15, 0.2) is 63.1 Å². The highest BCUT2D eigenvalue weighted by Gasteiger charge is 2.49. The van der Waals surface area contributed by atoms with Crippen LogP contribution >= 0.6 is 0 Å².